The van der Waals surface area contributed by atoms with Gasteiger partial charge in [0.05, 0.1) is 7.11 Å². The molecule has 1 N–H and O–H groups in total. The van der Waals surface area contributed by atoms with E-state index in [0.717, 1.165) is 15.6 Å². The molecule has 0 aliphatic carbocycles. The lowest BCUT2D eigenvalue weighted by Crippen LogP contribution is -2.52. The van der Waals surface area contributed by atoms with Gasteiger partial charge in [-0.25, -0.2) is 0 Å². The van der Waals surface area contributed by atoms with Gasteiger partial charge in [0, 0.05) is 23.5 Å². The summed E-state index contributed by atoms with van der Waals surface area (Å²) >= 11 is 3.45. The predicted molar refractivity (Wildman–Crippen MR) is 140 cm³/mol. The van der Waals surface area contributed by atoms with Gasteiger partial charge in [-0.1, -0.05) is 70.5 Å². The molecular formula is C28H31BrN2O4. The van der Waals surface area contributed by atoms with E-state index in [1.807, 2.05) is 80.6 Å². The first-order chi connectivity index (χ1) is 16.9. The van der Waals surface area contributed by atoms with Gasteiger partial charge in [0.1, 0.15) is 6.04 Å². The molecule has 0 bridgehead atoms. The smallest absolute Gasteiger partial charge is 0.261 e. The number of carbonyl (C=O) groups is 2. The number of para-hydroxylation sites is 2. The van der Waals surface area contributed by atoms with Crippen molar-refractivity contribution in [3.05, 3.63) is 94.5 Å². The van der Waals surface area contributed by atoms with Crippen molar-refractivity contribution in [3.8, 4) is 11.5 Å². The molecule has 7 heteroatoms. The van der Waals surface area contributed by atoms with Crippen LogP contribution in [0.3, 0.4) is 0 Å². The van der Waals surface area contributed by atoms with E-state index < -0.39 is 6.04 Å². The standard InChI is InChI=1S/C28H31BrN2O4/c1-20(2)30-28(33)24(17-21-9-5-4-6-10-21)31(18-22-13-15-23(29)16-14-22)27(32)19-35-26-12-8-7-11-25(26)34-3/h4-16,20,24H,17-19H2,1-3H3,(H,30,33)/t24-/m0/s1. The molecule has 0 unspecified atom stereocenters. The number of halogens is 1. The summed E-state index contributed by atoms with van der Waals surface area (Å²) in [5.74, 6) is 0.515. The third-order valence-corrected chi connectivity index (χ3v) is 5.92. The van der Waals surface area contributed by atoms with Gasteiger partial charge >= 0.3 is 0 Å². The Morgan fingerprint density at radius 2 is 1.51 bits per heavy atom. The van der Waals surface area contributed by atoms with Gasteiger partial charge in [-0.05, 0) is 49.2 Å². The Kier molecular flexibility index (Phi) is 9.73. The summed E-state index contributed by atoms with van der Waals surface area (Å²) in [6, 6.07) is 23.8. The first kappa shape index (κ1) is 26.3. The van der Waals surface area contributed by atoms with Gasteiger partial charge in [-0.15, -0.1) is 0 Å². The lowest BCUT2D eigenvalue weighted by Gasteiger charge is -2.32. The number of benzene rings is 3. The highest BCUT2D eigenvalue weighted by Crippen LogP contribution is 2.26. The van der Waals surface area contributed by atoms with E-state index in [1.165, 1.54) is 0 Å². The van der Waals surface area contributed by atoms with E-state index in [9.17, 15) is 9.59 Å². The normalized spacial score (nSPS) is 11.6. The highest BCUT2D eigenvalue weighted by atomic mass is 79.9. The van der Waals surface area contributed by atoms with E-state index >= 15 is 0 Å². The van der Waals surface area contributed by atoms with Crippen LogP contribution in [0.1, 0.15) is 25.0 Å². The van der Waals surface area contributed by atoms with E-state index in [0.29, 0.717) is 17.9 Å². The number of methoxy groups -OCH3 is 1. The SMILES string of the molecule is COc1ccccc1OCC(=O)N(Cc1ccc(Br)cc1)[C@@H](Cc1ccccc1)C(=O)NC(C)C. The Balaban J connectivity index is 1.91. The van der Waals surface area contributed by atoms with Crippen molar-refractivity contribution in [1.82, 2.24) is 10.2 Å². The van der Waals surface area contributed by atoms with Crippen molar-refractivity contribution in [2.24, 2.45) is 0 Å². The van der Waals surface area contributed by atoms with Crippen molar-refractivity contribution in [1.29, 1.82) is 0 Å². The Labute approximate surface area is 215 Å². The maximum Gasteiger partial charge on any atom is 0.261 e. The van der Waals surface area contributed by atoms with Crippen molar-refractivity contribution in [2.45, 2.75) is 38.9 Å². The van der Waals surface area contributed by atoms with Gasteiger partial charge in [-0.3, -0.25) is 9.59 Å². The second-order valence-corrected chi connectivity index (χ2v) is 9.37. The molecular weight excluding hydrogens is 508 g/mol. The number of carbonyl (C=O) groups excluding carboxylic acids is 2. The fraction of sp³-hybridized carbons (Fsp3) is 0.286. The fourth-order valence-corrected chi connectivity index (χ4v) is 3.95. The molecule has 3 rings (SSSR count). The lowest BCUT2D eigenvalue weighted by atomic mass is 10.0. The summed E-state index contributed by atoms with van der Waals surface area (Å²) < 4.78 is 12.1. The minimum Gasteiger partial charge on any atom is -0.493 e. The number of rotatable bonds is 11. The molecule has 3 aromatic rings. The molecule has 0 saturated heterocycles. The van der Waals surface area contributed by atoms with Crippen molar-refractivity contribution in [2.75, 3.05) is 13.7 Å². The third-order valence-electron chi connectivity index (χ3n) is 5.39. The maximum atomic E-state index is 13.6. The highest BCUT2D eigenvalue weighted by molar-refractivity contribution is 9.10. The number of nitrogens with one attached hydrogen (secondary N) is 1. The molecule has 0 heterocycles. The average Bonchev–Trinajstić information content (AvgIpc) is 2.86. The number of hydrogen-bond acceptors (Lipinski definition) is 4. The van der Waals surface area contributed by atoms with Crippen LogP contribution in [-0.2, 0) is 22.6 Å². The van der Waals surface area contributed by atoms with Crippen LogP contribution in [0.15, 0.2) is 83.3 Å². The molecule has 0 spiro atoms. The van der Waals surface area contributed by atoms with Crippen molar-refractivity contribution >= 4 is 27.7 Å². The Hall–Kier alpha value is -3.32. The summed E-state index contributed by atoms with van der Waals surface area (Å²) in [7, 11) is 1.55. The zero-order valence-electron chi connectivity index (χ0n) is 20.2. The molecule has 0 aliphatic rings. The van der Waals surface area contributed by atoms with Gasteiger partial charge in [-0.2, -0.15) is 0 Å². The van der Waals surface area contributed by atoms with Gasteiger partial charge in [0.2, 0.25) is 5.91 Å². The van der Waals surface area contributed by atoms with E-state index in [4.69, 9.17) is 9.47 Å². The zero-order chi connectivity index (χ0) is 25.2. The number of nitrogens with zero attached hydrogens (tertiary/aromatic N) is 1. The van der Waals surface area contributed by atoms with E-state index in [-0.39, 0.29) is 31.0 Å². The van der Waals surface area contributed by atoms with Crippen LogP contribution in [0, 0.1) is 0 Å². The first-order valence-corrected chi connectivity index (χ1v) is 12.3. The molecule has 0 radical (unpaired) electrons. The zero-order valence-corrected chi connectivity index (χ0v) is 21.8. The molecule has 2 amide bonds. The summed E-state index contributed by atoms with van der Waals surface area (Å²) in [4.78, 5) is 28.5. The Bertz CT molecular complexity index is 1100. The maximum absolute atomic E-state index is 13.6. The second-order valence-electron chi connectivity index (χ2n) is 8.46. The molecule has 1 atom stereocenters. The molecule has 0 aromatic heterocycles. The Morgan fingerprint density at radius 3 is 2.14 bits per heavy atom. The summed E-state index contributed by atoms with van der Waals surface area (Å²) in [5, 5.41) is 2.98. The van der Waals surface area contributed by atoms with Crippen LogP contribution in [-0.4, -0.2) is 42.5 Å². The molecule has 0 fully saturated rings. The van der Waals surface area contributed by atoms with Crippen molar-refractivity contribution in [3.63, 3.8) is 0 Å². The third kappa shape index (κ3) is 7.86. The van der Waals surface area contributed by atoms with Crippen LogP contribution >= 0.6 is 15.9 Å². The van der Waals surface area contributed by atoms with Gasteiger partial charge in [0.15, 0.2) is 18.1 Å². The fourth-order valence-electron chi connectivity index (χ4n) is 3.68. The lowest BCUT2D eigenvalue weighted by molar-refractivity contribution is -0.143. The number of amides is 2. The average molecular weight is 539 g/mol. The minimum absolute atomic E-state index is 0.0600. The van der Waals surface area contributed by atoms with Crippen LogP contribution in [0.5, 0.6) is 11.5 Å². The van der Waals surface area contributed by atoms with Gasteiger partial charge in [0.25, 0.3) is 5.91 Å². The summed E-state index contributed by atoms with van der Waals surface area (Å²) in [5.41, 5.74) is 1.88. The van der Waals surface area contributed by atoms with E-state index in [2.05, 4.69) is 21.2 Å². The first-order valence-electron chi connectivity index (χ1n) is 11.5. The minimum atomic E-state index is -0.711. The summed E-state index contributed by atoms with van der Waals surface area (Å²) in [6.45, 7) is 3.86. The van der Waals surface area contributed by atoms with Crippen LogP contribution in [0.25, 0.3) is 0 Å². The molecule has 0 saturated carbocycles. The monoisotopic (exact) mass is 538 g/mol. The molecule has 184 valence electrons. The topological polar surface area (TPSA) is 67.9 Å². The van der Waals surface area contributed by atoms with E-state index in [1.54, 1.807) is 24.1 Å². The second kappa shape index (κ2) is 13.0. The van der Waals surface area contributed by atoms with Crippen molar-refractivity contribution < 1.29 is 19.1 Å². The Morgan fingerprint density at radius 1 is 0.886 bits per heavy atom. The quantitative estimate of drug-likeness (QED) is 0.373. The molecule has 35 heavy (non-hydrogen) atoms. The van der Waals surface area contributed by atoms with Crippen LogP contribution in [0.4, 0.5) is 0 Å². The highest BCUT2D eigenvalue weighted by Gasteiger charge is 2.31. The molecule has 3 aromatic carbocycles. The number of ether oxygens (including phenoxy) is 2. The van der Waals surface area contributed by atoms with Crippen LogP contribution < -0.4 is 14.8 Å². The molecule has 0 aliphatic heterocycles. The predicted octanol–water partition coefficient (Wildman–Crippen LogP) is 5.00. The number of hydrogen-bond donors (Lipinski definition) is 1. The largest absolute Gasteiger partial charge is 0.493 e. The van der Waals surface area contributed by atoms with Crippen LogP contribution in [0.2, 0.25) is 0 Å². The van der Waals surface area contributed by atoms with Gasteiger partial charge < -0.3 is 19.7 Å². The summed E-state index contributed by atoms with van der Waals surface area (Å²) in [6.07, 6.45) is 0.385. The molecule has 6 nitrogen and oxygen atoms in total.